The molecule has 2 rings (SSSR count). The third-order valence-electron chi connectivity index (χ3n) is 1.97. The highest BCUT2D eigenvalue weighted by atomic mass is 15.4. The molecular weight excluding hydrogens is 178 g/mol. The molecule has 2 N–H and O–H groups in total. The molecule has 0 aliphatic carbocycles. The van der Waals surface area contributed by atoms with Gasteiger partial charge in [-0.1, -0.05) is 12.1 Å². The molecule has 2 aromatic heterocycles. The minimum absolute atomic E-state index is 0.458. The summed E-state index contributed by atoms with van der Waals surface area (Å²) in [6.07, 6.45) is 4.37. The number of hydrogen-bond acceptors (Lipinski definition) is 4. The number of aryl methyl sites for hydroxylation is 1. The van der Waals surface area contributed by atoms with Gasteiger partial charge in [0.05, 0.1) is 11.9 Å². The summed E-state index contributed by atoms with van der Waals surface area (Å²) in [5.41, 5.74) is 7.41. The lowest BCUT2D eigenvalue weighted by atomic mass is 10.3. The fourth-order valence-electron chi connectivity index (χ4n) is 1.18. The zero-order valence-electron chi connectivity index (χ0n) is 7.88. The Hall–Kier alpha value is -1.91. The highest BCUT2D eigenvalue weighted by Gasteiger charge is 2.04. The molecule has 72 valence electrons. The van der Waals surface area contributed by atoms with Crippen LogP contribution in [0.2, 0.25) is 0 Å². The number of aromatic nitrogens is 4. The second-order valence-corrected chi connectivity index (χ2v) is 2.92. The number of anilines is 1. The molecule has 2 heterocycles. The summed E-state index contributed by atoms with van der Waals surface area (Å²) in [5, 5.41) is 7.95. The first-order valence-electron chi connectivity index (χ1n) is 4.43. The van der Waals surface area contributed by atoms with Gasteiger partial charge in [0.25, 0.3) is 0 Å². The van der Waals surface area contributed by atoms with E-state index in [9.17, 15) is 0 Å². The highest BCUT2D eigenvalue weighted by molar-refractivity contribution is 5.50. The van der Waals surface area contributed by atoms with Gasteiger partial charge in [-0.15, -0.1) is 5.10 Å². The number of nitrogens with zero attached hydrogens (tertiary/aromatic N) is 4. The Balaban J connectivity index is 2.44. The van der Waals surface area contributed by atoms with Crippen LogP contribution in [0.15, 0.2) is 24.5 Å². The molecule has 0 radical (unpaired) electrons. The molecule has 2 aromatic rings. The molecular formula is C9H11N5. The van der Waals surface area contributed by atoms with Crippen molar-refractivity contribution < 1.29 is 0 Å². The SMILES string of the molecule is CCc1cn(-c2cccnc2N)nn1. The minimum Gasteiger partial charge on any atom is -0.382 e. The predicted molar refractivity (Wildman–Crippen MR) is 52.9 cm³/mol. The first-order valence-corrected chi connectivity index (χ1v) is 4.43. The second kappa shape index (κ2) is 3.45. The van der Waals surface area contributed by atoms with Crippen LogP contribution in [0.3, 0.4) is 0 Å². The van der Waals surface area contributed by atoms with E-state index in [1.54, 1.807) is 10.9 Å². The van der Waals surface area contributed by atoms with E-state index in [0.29, 0.717) is 5.82 Å². The summed E-state index contributed by atoms with van der Waals surface area (Å²) in [6.45, 7) is 2.03. The van der Waals surface area contributed by atoms with Crippen LogP contribution in [0.1, 0.15) is 12.6 Å². The van der Waals surface area contributed by atoms with Crippen LogP contribution in [0, 0.1) is 0 Å². The molecule has 5 heteroatoms. The van der Waals surface area contributed by atoms with E-state index in [4.69, 9.17) is 5.73 Å². The van der Waals surface area contributed by atoms with E-state index in [-0.39, 0.29) is 0 Å². The van der Waals surface area contributed by atoms with Crippen molar-refractivity contribution in [3.05, 3.63) is 30.2 Å². The molecule has 0 spiro atoms. The van der Waals surface area contributed by atoms with Crippen LogP contribution < -0.4 is 5.73 Å². The van der Waals surface area contributed by atoms with E-state index >= 15 is 0 Å². The normalized spacial score (nSPS) is 10.4. The molecule has 0 aliphatic rings. The van der Waals surface area contributed by atoms with Gasteiger partial charge in [0.1, 0.15) is 11.5 Å². The average molecular weight is 189 g/mol. The van der Waals surface area contributed by atoms with Crippen molar-refractivity contribution in [2.24, 2.45) is 0 Å². The Bertz CT molecular complexity index is 434. The van der Waals surface area contributed by atoms with Gasteiger partial charge < -0.3 is 5.73 Å². The van der Waals surface area contributed by atoms with Crippen molar-refractivity contribution in [2.75, 3.05) is 5.73 Å². The molecule has 0 saturated heterocycles. The molecule has 0 aromatic carbocycles. The van der Waals surface area contributed by atoms with Gasteiger partial charge in [-0.05, 0) is 18.6 Å². The van der Waals surface area contributed by atoms with Crippen molar-refractivity contribution in [3.8, 4) is 5.69 Å². The Morgan fingerprint density at radius 3 is 3.00 bits per heavy atom. The van der Waals surface area contributed by atoms with Crippen molar-refractivity contribution in [1.29, 1.82) is 0 Å². The van der Waals surface area contributed by atoms with Crippen LogP contribution in [0.4, 0.5) is 5.82 Å². The van der Waals surface area contributed by atoms with Gasteiger partial charge in [0.15, 0.2) is 0 Å². The minimum atomic E-state index is 0.458. The third-order valence-corrected chi connectivity index (χ3v) is 1.97. The molecule has 5 nitrogen and oxygen atoms in total. The van der Waals surface area contributed by atoms with Gasteiger partial charge in [0.2, 0.25) is 0 Å². The summed E-state index contributed by atoms with van der Waals surface area (Å²) in [5.74, 6) is 0.458. The van der Waals surface area contributed by atoms with Crippen molar-refractivity contribution >= 4 is 5.82 Å². The van der Waals surface area contributed by atoms with Crippen molar-refractivity contribution in [3.63, 3.8) is 0 Å². The van der Waals surface area contributed by atoms with E-state index in [1.165, 1.54) is 0 Å². The molecule has 0 aliphatic heterocycles. The van der Waals surface area contributed by atoms with E-state index < -0.39 is 0 Å². The molecule has 14 heavy (non-hydrogen) atoms. The maximum atomic E-state index is 5.70. The Labute approximate surface area is 81.6 Å². The molecule has 0 unspecified atom stereocenters. The monoisotopic (exact) mass is 189 g/mol. The fourth-order valence-corrected chi connectivity index (χ4v) is 1.18. The lowest BCUT2D eigenvalue weighted by Gasteiger charge is -2.01. The largest absolute Gasteiger partial charge is 0.382 e. The standard InChI is InChI=1S/C9H11N5/c1-2-7-6-14(13-12-7)8-4-3-5-11-9(8)10/h3-6H,2H2,1H3,(H2,10,11). The maximum absolute atomic E-state index is 5.70. The van der Waals surface area contributed by atoms with Crippen LogP contribution in [-0.2, 0) is 6.42 Å². The summed E-state index contributed by atoms with van der Waals surface area (Å²) < 4.78 is 1.64. The smallest absolute Gasteiger partial charge is 0.149 e. The van der Waals surface area contributed by atoms with Crippen molar-refractivity contribution in [2.45, 2.75) is 13.3 Å². The summed E-state index contributed by atoms with van der Waals surface area (Å²) in [7, 11) is 0. The quantitative estimate of drug-likeness (QED) is 0.758. The predicted octanol–water partition coefficient (Wildman–Crippen LogP) is 0.807. The number of hydrogen-bond donors (Lipinski definition) is 1. The van der Waals surface area contributed by atoms with Gasteiger partial charge >= 0.3 is 0 Å². The Kier molecular flexibility index (Phi) is 2.14. The summed E-state index contributed by atoms with van der Waals surface area (Å²) in [4.78, 5) is 3.98. The zero-order valence-corrected chi connectivity index (χ0v) is 7.88. The molecule has 0 fully saturated rings. The lowest BCUT2D eigenvalue weighted by molar-refractivity contribution is 0.796. The summed E-state index contributed by atoms with van der Waals surface area (Å²) in [6, 6.07) is 3.68. The lowest BCUT2D eigenvalue weighted by Crippen LogP contribution is -2.01. The van der Waals surface area contributed by atoms with E-state index in [2.05, 4.69) is 15.3 Å². The third kappa shape index (κ3) is 1.44. The first kappa shape index (κ1) is 8.68. The number of nitrogens with two attached hydrogens (primary N) is 1. The zero-order chi connectivity index (χ0) is 9.97. The van der Waals surface area contributed by atoms with Crippen molar-refractivity contribution in [1.82, 2.24) is 20.0 Å². The van der Waals surface area contributed by atoms with Crippen LogP contribution in [0.25, 0.3) is 5.69 Å². The molecule has 0 atom stereocenters. The Morgan fingerprint density at radius 1 is 1.50 bits per heavy atom. The summed E-state index contributed by atoms with van der Waals surface area (Å²) >= 11 is 0. The molecule has 0 amide bonds. The molecule has 0 bridgehead atoms. The number of nitrogen functional groups attached to an aromatic ring is 1. The Morgan fingerprint density at radius 2 is 2.36 bits per heavy atom. The maximum Gasteiger partial charge on any atom is 0.149 e. The molecule has 0 saturated carbocycles. The van der Waals surface area contributed by atoms with Crippen LogP contribution in [-0.4, -0.2) is 20.0 Å². The van der Waals surface area contributed by atoms with Crippen LogP contribution >= 0.6 is 0 Å². The highest BCUT2D eigenvalue weighted by Crippen LogP contribution is 2.12. The van der Waals surface area contributed by atoms with E-state index in [1.807, 2.05) is 25.3 Å². The van der Waals surface area contributed by atoms with Crippen LogP contribution in [0.5, 0.6) is 0 Å². The van der Waals surface area contributed by atoms with Gasteiger partial charge in [-0.25, -0.2) is 9.67 Å². The van der Waals surface area contributed by atoms with E-state index in [0.717, 1.165) is 17.8 Å². The van der Waals surface area contributed by atoms with Gasteiger partial charge in [-0.3, -0.25) is 0 Å². The fraction of sp³-hybridized carbons (Fsp3) is 0.222. The topological polar surface area (TPSA) is 69.6 Å². The number of rotatable bonds is 2. The number of pyridine rings is 1. The van der Waals surface area contributed by atoms with Gasteiger partial charge in [0, 0.05) is 6.20 Å². The van der Waals surface area contributed by atoms with Gasteiger partial charge in [-0.2, -0.15) is 0 Å². The first-order chi connectivity index (χ1) is 6.81. The second-order valence-electron chi connectivity index (χ2n) is 2.92. The average Bonchev–Trinajstić information content (AvgIpc) is 2.67.